The summed E-state index contributed by atoms with van der Waals surface area (Å²) in [6, 6.07) is 62.7. The minimum absolute atomic E-state index is 1.23. The van der Waals surface area contributed by atoms with Gasteiger partial charge in [-0.25, -0.2) is 0 Å². The summed E-state index contributed by atoms with van der Waals surface area (Å²) in [5.74, 6) is 0. The summed E-state index contributed by atoms with van der Waals surface area (Å²) in [5, 5.41) is 10.3. The predicted molar refractivity (Wildman–Crippen MR) is 197 cm³/mol. The molecule has 0 spiro atoms. The minimum Gasteiger partial charge on any atom is -0.0622 e. The first-order valence-corrected chi connectivity index (χ1v) is 16.0. The van der Waals surface area contributed by atoms with Crippen molar-refractivity contribution in [2.24, 2.45) is 0 Å². The van der Waals surface area contributed by atoms with Gasteiger partial charge in [-0.15, -0.1) is 0 Å². The fourth-order valence-electron chi connectivity index (χ4n) is 8.05. The van der Waals surface area contributed by atoms with E-state index < -0.39 is 0 Å². The molecule has 0 aromatic heterocycles. The van der Waals surface area contributed by atoms with Crippen molar-refractivity contribution >= 4 is 43.1 Å². The highest BCUT2D eigenvalue weighted by Crippen LogP contribution is 2.52. The summed E-state index contributed by atoms with van der Waals surface area (Å²) in [5.41, 5.74) is 12.9. The molecule has 1 aliphatic rings. The molecule has 0 bridgehead atoms. The quantitative estimate of drug-likeness (QED) is 0.182. The van der Waals surface area contributed by atoms with Gasteiger partial charge in [-0.05, 0) is 111 Å². The van der Waals surface area contributed by atoms with Crippen LogP contribution in [0.5, 0.6) is 0 Å². The monoisotopic (exact) mass is 580 g/mol. The van der Waals surface area contributed by atoms with Crippen LogP contribution in [-0.2, 0) is 0 Å². The van der Waals surface area contributed by atoms with Crippen LogP contribution in [0.25, 0.3) is 98.7 Å². The van der Waals surface area contributed by atoms with Crippen molar-refractivity contribution < 1.29 is 0 Å². The Morgan fingerprint density at radius 3 is 1.39 bits per heavy atom. The molecule has 0 aliphatic heterocycles. The van der Waals surface area contributed by atoms with E-state index in [-0.39, 0.29) is 0 Å². The number of hydrogen-bond acceptors (Lipinski definition) is 0. The highest BCUT2D eigenvalue weighted by atomic mass is 14.3. The molecule has 9 aromatic carbocycles. The molecule has 9 aromatic rings. The Balaban J connectivity index is 1.33. The third kappa shape index (κ3) is 3.56. The topological polar surface area (TPSA) is 0 Å². The van der Waals surface area contributed by atoms with Crippen LogP contribution in [-0.4, -0.2) is 0 Å². The maximum atomic E-state index is 2.40. The molecule has 10 rings (SSSR count). The molecule has 0 heterocycles. The Morgan fingerprint density at radius 2 is 0.717 bits per heavy atom. The van der Waals surface area contributed by atoms with E-state index in [1.54, 1.807) is 0 Å². The molecular formula is C46H28. The third-order valence-electron chi connectivity index (χ3n) is 9.99. The SMILES string of the molecule is c1ccc(-c2cc(-c3c4ccccc4c(-c4ccc5c6c(cccc46)-c4ccccc4-5)c4ccccc34)c3ccccc3c2)cc1. The molecule has 0 N–H and O–H groups in total. The van der Waals surface area contributed by atoms with Crippen molar-refractivity contribution in [3.8, 4) is 55.6 Å². The van der Waals surface area contributed by atoms with Gasteiger partial charge in [0.1, 0.15) is 0 Å². The van der Waals surface area contributed by atoms with Crippen molar-refractivity contribution in [3.05, 3.63) is 170 Å². The van der Waals surface area contributed by atoms with Crippen molar-refractivity contribution in [2.75, 3.05) is 0 Å². The van der Waals surface area contributed by atoms with Gasteiger partial charge in [0.05, 0.1) is 0 Å². The van der Waals surface area contributed by atoms with Crippen molar-refractivity contribution in [3.63, 3.8) is 0 Å². The van der Waals surface area contributed by atoms with Gasteiger partial charge in [0.25, 0.3) is 0 Å². The van der Waals surface area contributed by atoms with E-state index in [4.69, 9.17) is 0 Å². The molecule has 0 fully saturated rings. The van der Waals surface area contributed by atoms with E-state index in [0.717, 1.165) is 0 Å². The Morgan fingerprint density at radius 1 is 0.239 bits per heavy atom. The summed E-state index contributed by atoms with van der Waals surface area (Å²) in [6.45, 7) is 0. The van der Waals surface area contributed by atoms with Crippen molar-refractivity contribution in [1.29, 1.82) is 0 Å². The van der Waals surface area contributed by atoms with Gasteiger partial charge in [0.15, 0.2) is 0 Å². The maximum Gasteiger partial charge on any atom is -0.00199 e. The number of rotatable bonds is 3. The van der Waals surface area contributed by atoms with Gasteiger partial charge < -0.3 is 0 Å². The average Bonchev–Trinajstić information content (AvgIpc) is 3.46. The van der Waals surface area contributed by atoms with E-state index in [1.165, 1.54) is 98.7 Å². The zero-order valence-electron chi connectivity index (χ0n) is 25.2. The van der Waals surface area contributed by atoms with Gasteiger partial charge in [0, 0.05) is 0 Å². The largest absolute Gasteiger partial charge is 0.0622 e. The fourth-order valence-corrected chi connectivity index (χ4v) is 8.05. The summed E-state index contributed by atoms with van der Waals surface area (Å²) in [4.78, 5) is 0. The van der Waals surface area contributed by atoms with Crippen LogP contribution >= 0.6 is 0 Å². The summed E-state index contributed by atoms with van der Waals surface area (Å²) in [6.07, 6.45) is 0. The number of fused-ring (bicyclic) bond motifs is 6. The second-order valence-electron chi connectivity index (χ2n) is 12.4. The van der Waals surface area contributed by atoms with Crippen LogP contribution < -0.4 is 0 Å². The van der Waals surface area contributed by atoms with E-state index in [0.29, 0.717) is 0 Å². The Bertz CT molecular complexity index is 2590. The van der Waals surface area contributed by atoms with Crippen molar-refractivity contribution in [1.82, 2.24) is 0 Å². The van der Waals surface area contributed by atoms with Crippen LogP contribution in [0.4, 0.5) is 0 Å². The lowest BCUT2D eigenvalue weighted by Gasteiger charge is -2.20. The smallest absolute Gasteiger partial charge is 0.00199 e. The van der Waals surface area contributed by atoms with Crippen LogP contribution in [0.15, 0.2) is 170 Å². The molecule has 212 valence electrons. The molecule has 0 saturated carbocycles. The van der Waals surface area contributed by atoms with Crippen LogP contribution in [0.3, 0.4) is 0 Å². The van der Waals surface area contributed by atoms with E-state index >= 15 is 0 Å². The molecule has 0 saturated heterocycles. The molecule has 0 unspecified atom stereocenters. The lowest BCUT2D eigenvalue weighted by Crippen LogP contribution is -1.93. The van der Waals surface area contributed by atoms with E-state index in [2.05, 4.69) is 170 Å². The molecule has 0 amide bonds. The molecule has 0 atom stereocenters. The second-order valence-corrected chi connectivity index (χ2v) is 12.4. The van der Waals surface area contributed by atoms with E-state index in [1.807, 2.05) is 0 Å². The number of hydrogen-bond donors (Lipinski definition) is 0. The normalized spacial score (nSPS) is 11.9. The molecule has 0 heteroatoms. The van der Waals surface area contributed by atoms with Crippen molar-refractivity contribution in [2.45, 2.75) is 0 Å². The van der Waals surface area contributed by atoms with Gasteiger partial charge in [-0.1, -0.05) is 158 Å². The average molecular weight is 581 g/mol. The highest BCUT2D eigenvalue weighted by molar-refractivity contribution is 6.27. The first-order chi connectivity index (χ1) is 22.8. The summed E-state index contributed by atoms with van der Waals surface area (Å²) in [7, 11) is 0. The third-order valence-corrected chi connectivity index (χ3v) is 9.99. The van der Waals surface area contributed by atoms with E-state index in [9.17, 15) is 0 Å². The van der Waals surface area contributed by atoms with Crippen LogP contribution in [0, 0.1) is 0 Å². The lowest BCUT2D eigenvalue weighted by atomic mass is 9.82. The molecule has 0 nitrogen and oxygen atoms in total. The van der Waals surface area contributed by atoms with Crippen LogP contribution in [0.1, 0.15) is 0 Å². The zero-order chi connectivity index (χ0) is 30.2. The molecule has 1 aliphatic carbocycles. The summed E-state index contributed by atoms with van der Waals surface area (Å²) < 4.78 is 0. The maximum absolute atomic E-state index is 2.40. The van der Waals surface area contributed by atoms with Gasteiger partial charge >= 0.3 is 0 Å². The molecule has 46 heavy (non-hydrogen) atoms. The number of benzene rings is 9. The first kappa shape index (κ1) is 25.4. The minimum atomic E-state index is 1.23. The fraction of sp³-hybridized carbons (Fsp3) is 0. The van der Waals surface area contributed by atoms with Gasteiger partial charge in [-0.2, -0.15) is 0 Å². The molecular weight excluding hydrogens is 553 g/mol. The second kappa shape index (κ2) is 9.76. The highest BCUT2D eigenvalue weighted by Gasteiger charge is 2.24. The lowest BCUT2D eigenvalue weighted by molar-refractivity contribution is 1.63. The van der Waals surface area contributed by atoms with Gasteiger partial charge in [0.2, 0.25) is 0 Å². The van der Waals surface area contributed by atoms with Gasteiger partial charge in [-0.3, -0.25) is 0 Å². The Labute approximate surface area is 267 Å². The molecule has 0 radical (unpaired) electrons. The standard InChI is InChI=1S/C46H28/c1-2-13-29(14-3-1)31-27-30-15-4-5-16-32(30)43(28-31)46-38-21-10-8-19-36(38)45(37-20-9-11-22-39(37)46)42-26-25-41-34-18-7-6-17-33(34)35-23-12-24-40(42)44(35)41/h1-28H. The van der Waals surface area contributed by atoms with Crippen LogP contribution in [0.2, 0.25) is 0 Å². The first-order valence-electron chi connectivity index (χ1n) is 16.0. The zero-order valence-corrected chi connectivity index (χ0v) is 25.2. The Kier molecular flexibility index (Phi) is 5.38. The predicted octanol–water partition coefficient (Wildman–Crippen LogP) is 12.9. The summed E-state index contributed by atoms with van der Waals surface area (Å²) >= 11 is 0. The Hall–Kier alpha value is -5.98.